The maximum absolute atomic E-state index is 5.87. The van der Waals surface area contributed by atoms with Gasteiger partial charge in [-0.25, -0.2) is 9.61 Å². The molecule has 0 aliphatic rings. The number of nitrogen functional groups attached to an aromatic ring is 1. The molecule has 3 heterocycles. The number of imidazole rings is 1. The molecule has 0 saturated heterocycles. The number of fused-ring (bicyclic) bond motifs is 1. The Hall–Kier alpha value is -3.42. The number of aryl methyl sites for hydroxylation is 1. The van der Waals surface area contributed by atoms with Gasteiger partial charge in [0.05, 0.1) is 18.3 Å². The first-order valence-electron chi connectivity index (χ1n) is 8.38. The van der Waals surface area contributed by atoms with Crippen molar-refractivity contribution in [3.05, 3.63) is 36.7 Å². The number of nitrogens with zero attached hydrogens (tertiary/aromatic N) is 5. The van der Waals surface area contributed by atoms with Gasteiger partial charge < -0.3 is 15.0 Å². The van der Waals surface area contributed by atoms with Crippen molar-refractivity contribution in [1.82, 2.24) is 24.8 Å². The van der Waals surface area contributed by atoms with E-state index in [9.17, 15) is 0 Å². The molecule has 3 aromatic heterocycles. The molecule has 0 amide bonds. The normalized spacial score (nSPS) is 11.2. The lowest BCUT2D eigenvalue weighted by molar-refractivity contribution is 0.310. The van der Waals surface area contributed by atoms with Crippen LogP contribution < -0.4 is 10.5 Å². The number of hydrogen-bond donors (Lipinski definition) is 1. The Bertz CT molecular complexity index is 1070. The lowest BCUT2D eigenvalue weighted by Gasteiger charge is -2.10. The summed E-state index contributed by atoms with van der Waals surface area (Å²) in [6, 6.07) is 7.92. The molecular weight excluding hydrogens is 332 g/mol. The first-order valence-corrected chi connectivity index (χ1v) is 8.38. The summed E-state index contributed by atoms with van der Waals surface area (Å²) in [6.45, 7) is 5.29. The van der Waals surface area contributed by atoms with Crippen LogP contribution >= 0.6 is 0 Å². The molecule has 0 fully saturated rings. The van der Waals surface area contributed by atoms with E-state index in [0.29, 0.717) is 24.7 Å². The molecule has 0 saturated carbocycles. The summed E-state index contributed by atoms with van der Waals surface area (Å²) < 4.78 is 12.4. The monoisotopic (exact) mass is 350 g/mol. The van der Waals surface area contributed by atoms with Crippen molar-refractivity contribution in [3.63, 3.8) is 0 Å². The summed E-state index contributed by atoms with van der Waals surface area (Å²) in [5.41, 5.74) is 9.96. The van der Waals surface area contributed by atoms with Gasteiger partial charge in [-0.15, -0.1) is 0 Å². The van der Waals surface area contributed by atoms with E-state index >= 15 is 0 Å². The second-order valence-corrected chi connectivity index (χ2v) is 5.69. The number of benzene rings is 1. The van der Waals surface area contributed by atoms with Crippen LogP contribution in [-0.4, -0.2) is 31.5 Å². The molecule has 4 aromatic rings. The van der Waals surface area contributed by atoms with Gasteiger partial charge in [0.25, 0.3) is 0 Å². The smallest absolute Gasteiger partial charge is 0.199 e. The molecule has 8 nitrogen and oxygen atoms in total. The second kappa shape index (κ2) is 6.47. The van der Waals surface area contributed by atoms with Gasteiger partial charge in [0.15, 0.2) is 17.3 Å². The summed E-state index contributed by atoms with van der Waals surface area (Å²) >= 11 is 0. The highest BCUT2D eigenvalue weighted by atomic mass is 16.6. The van der Waals surface area contributed by atoms with E-state index in [-0.39, 0.29) is 5.82 Å². The highest BCUT2D eigenvalue weighted by Crippen LogP contribution is 2.33. The Balaban J connectivity index is 1.96. The zero-order valence-corrected chi connectivity index (χ0v) is 14.5. The van der Waals surface area contributed by atoms with Crippen LogP contribution in [0.2, 0.25) is 0 Å². The van der Waals surface area contributed by atoms with E-state index < -0.39 is 0 Å². The minimum atomic E-state index is 0.211. The van der Waals surface area contributed by atoms with E-state index in [1.165, 1.54) is 0 Å². The number of pyridine rings is 1. The molecule has 0 bridgehead atoms. The standard InChI is InChI=1S/C18H18N6O2/c1-3-24-16-13(11-6-5-7-12(8-11)25-4-2)9-20-10-14(16)21-18(24)15-17(19)23-26-22-15/h5-10H,3-4H2,1-2H3,(H2,19,23). The van der Waals surface area contributed by atoms with E-state index in [4.69, 9.17) is 15.1 Å². The van der Waals surface area contributed by atoms with Gasteiger partial charge in [0.2, 0.25) is 0 Å². The van der Waals surface area contributed by atoms with Gasteiger partial charge in [-0.1, -0.05) is 12.1 Å². The van der Waals surface area contributed by atoms with Gasteiger partial charge >= 0.3 is 0 Å². The fraction of sp³-hybridized carbons (Fsp3) is 0.222. The van der Waals surface area contributed by atoms with Crippen molar-refractivity contribution < 1.29 is 9.37 Å². The van der Waals surface area contributed by atoms with Crippen molar-refractivity contribution in [1.29, 1.82) is 0 Å². The van der Waals surface area contributed by atoms with Crippen LogP contribution in [0.3, 0.4) is 0 Å². The molecular formula is C18H18N6O2. The number of rotatable bonds is 5. The zero-order valence-electron chi connectivity index (χ0n) is 14.5. The lowest BCUT2D eigenvalue weighted by atomic mass is 10.1. The van der Waals surface area contributed by atoms with Crippen molar-refractivity contribution in [2.24, 2.45) is 0 Å². The third kappa shape index (κ3) is 2.55. The Labute approximate surface area is 149 Å². The molecule has 0 atom stereocenters. The van der Waals surface area contributed by atoms with Crippen molar-refractivity contribution in [2.45, 2.75) is 20.4 Å². The summed E-state index contributed by atoms with van der Waals surface area (Å²) in [5.74, 6) is 1.63. The van der Waals surface area contributed by atoms with Gasteiger partial charge in [0.1, 0.15) is 11.3 Å². The molecule has 2 N–H and O–H groups in total. The van der Waals surface area contributed by atoms with E-state index in [1.54, 1.807) is 6.20 Å². The van der Waals surface area contributed by atoms with Crippen molar-refractivity contribution >= 4 is 16.9 Å². The molecule has 0 radical (unpaired) electrons. The topological polar surface area (TPSA) is 105 Å². The quantitative estimate of drug-likeness (QED) is 0.589. The Morgan fingerprint density at radius 3 is 2.81 bits per heavy atom. The molecule has 0 unspecified atom stereocenters. The first-order chi connectivity index (χ1) is 12.7. The highest BCUT2D eigenvalue weighted by Gasteiger charge is 2.21. The molecule has 0 spiro atoms. The number of hydrogen-bond acceptors (Lipinski definition) is 7. The maximum atomic E-state index is 5.87. The summed E-state index contributed by atoms with van der Waals surface area (Å²) in [5, 5.41) is 7.55. The molecule has 1 aromatic carbocycles. The minimum absolute atomic E-state index is 0.211. The fourth-order valence-electron chi connectivity index (χ4n) is 3.06. The Morgan fingerprint density at radius 1 is 1.19 bits per heavy atom. The molecule has 132 valence electrons. The number of nitrogens with two attached hydrogens (primary N) is 1. The minimum Gasteiger partial charge on any atom is -0.494 e. The van der Waals surface area contributed by atoms with Crippen LogP contribution in [-0.2, 0) is 6.54 Å². The third-order valence-electron chi connectivity index (χ3n) is 4.15. The number of ether oxygens (including phenoxy) is 1. The molecule has 8 heteroatoms. The molecule has 4 rings (SSSR count). The summed E-state index contributed by atoms with van der Waals surface area (Å²) in [7, 11) is 0. The van der Waals surface area contributed by atoms with Crippen molar-refractivity contribution in [3.8, 4) is 28.4 Å². The average Bonchev–Trinajstić information content (AvgIpc) is 3.24. The maximum Gasteiger partial charge on any atom is 0.199 e. The predicted octanol–water partition coefficient (Wildman–Crippen LogP) is 3.15. The second-order valence-electron chi connectivity index (χ2n) is 5.69. The third-order valence-corrected chi connectivity index (χ3v) is 4.15. The molecule has 0 aliphatic carbocycles. The van der Waals surface area contributed by atoms with Crippen LogP contribution in [0.1, 0.15) is 13.8 Å². The van der Waals surface area contributed by atoms with Gasteiger partial charge in [-0.05, 0) is 41.9 Å². The fourth-order valence-corrected chi connectivity index (χ4v) is 3.06. The van der Waals surface area contributed by atoms with Crippen LogP contribution in [0.4, 0.5) is 5.82 Å². The van der Waals surface area contributed by atoms with Crippen LogP contribution in [0, 0.1) is 0 Å². The van der Waals surface area contributed by atoms with E-state index in [1.807, 2.05) is 48.9 Å². The van der Waals surface area contributed by atoms with Crippen molar-refractivity contribution in [2.75, 3.05) is 12.3 Å². The Morgan fingerprint density at radius 2 is 2.08 bits per heavy atom. The average molecular weight is 350 g/mol. The Kier molecular flexibility index (Phi) is 4.00. The largest absolute Gasteiger partial charge is 0.494 e. The van der Waals surface area contributed by atoms with Crippen LogP contribution in [0.5, 0.6) is 5.75 Å². The predicted molar refractivity (Wildman–Crippen MR) is 97.5 cm³/mol. The summed E-state index contributed by atoms with van der Waals surface area (Å²) in [4.78, 5) is 9.01. The van der Waals surface area contributed by atoms with Gasteiger partial charge in [-0.3, -0.25) is 4.98 Å². The number of aromatic nitrogens is 5. The summed E-state index contributed by atoms with van der Waals surface area (Å²) in [6.07, 6.45) is 3.56. The first kappa shape index (κ1) is 16.1. The van der Waals surface area contributed by atoms with Crippen LogP contribution in [0.25, 0.3) is 33.7 Å². The lowest BCUT2D eigenvalue weighted by Crippen LogP contribution is -2.01. The van der Waals surface area contributed by atoms with Crippen LogP contribution in [0.15, 0.2) is 41.3 Å². The highest BCUT2D eigenvalue weighted by molar-refractivity contribution is 5.94. The number of anilines is 1. The molecule has 26 heavy (non-hydrogen) atoms. The van der Waals surface area contributed by atoms with Gasteiger partial charge in [0, 0.05) is 18.3 Å². The zero-order chi connectivity index (χ0) is 18.1. The van der Waals surface area contributed by atoms with Gasteiger partial charge in [-0.2, -0.15) is 0 Å². The van der Waals surface area contributed by atoms with E-state index in [2.05, 4.69) is 20.3 Å². The van der Waals surface area contributed by atoms with E-state index in [0.717, 1.165) is 27.9 Å². The SMILES string of the molecule is CCOc1cccc(-c2cncc3nc(-c4nonc4N)n(CC)c23)c1. The molecule has 0 aliphatic heterocycles.